The summed E-state index contributed by atoms with van der Waals surface area (Å²) >= 11 is 0. The van der Waals surface area contributed by atoms with Crippen LogP contribution >= 0.6 is 0 Å². The Hall–Kier alpha value is -1.94. The molecule has 1 N–H and O–H groups in total. The van der Waals surface area contributed by atoms with E-state index in [1.165, 1.54) is 0 Å². The molecular formula is C21H29N3O3. The Labute approximate surface area is 161 Å². The van der Waals surface area contributed by atoms with E-state index in [0.29, 0.717) is 31.2 Å². The summed E-state index contributed by atoms with van der Waals surface area (Å²) < 4.78 is 11.4. The molecule has 2 fully saturated rings. The first-order valence-corrected chi connectivity index (χ1v) is 9.90. The number of rotatable bonds is 8. The average Bonchev–Trinajstić information content (AvgIpc) is 3.22. The second-order valence-corrected chi connectivity index (χ2v) is 7.48. The second-order valence-electron chi connectivity index (χ2n) is 7.48. The fraction of sp³-hybridized carbons (Fsp3) is 0.619. The Morgan fingerprint density at radius 1 is 1.26 bits per heavy atom. The topological polar surface area (TPSA) is 74.6 Å². The second kappa shape index (κ2) is 10.4. The Kier molecular flexibility index (Phi) is 7.64. The van der Waals surface area contributed by atoms with E-state index in [9.17, 15) is 4.79 Å². The first-order chi connectivity index (χ1) is 13.2. The highest BCUT2D eigenvalue weighted by molar-refractivity contribution is 5.78. The number of amides is 1. The number of ether oxygens (including phenoxy) is 2. The number of nitriles is 1. The molecule has 6 heteroatoms. The molecule has 1 amide bonds. The van der Waals surface area contributed by atoms with Crippen LogP contribution < -0.4 is 5.32 Å². The molecule has 2 heterocycles. The van der Waals surface area contributed by atoms with E-state index in [4.69, 9.17) is 14.7 Å². The third-order valence-corrected chi connectivity index (χ3v) is 5.33. The number of carbonyl (C=O) groups is 1. The van der Waals surface area contributed by atoms with Gasteiger partial charge in [0.05, 0.1) is 30.9 Å². The Balaban J connectivity index is 1.27. The predicted octanol–water partition coefficient (Wildman–Crippen LogP) is 2.08. The van der Waals surface area contributed by atoms with E-state index in [-0.39, 0.29) is 12.0 Å². The number of nitrogens with zero attached hydrogens (tertiary/aromatic N) is 2. The summed E-state index contributed by atoms with van der Waals surface area (Å²) in [6, 6.07) is 9.64. The summed E-state index contributed by atoms with van der Waals surface area (Å²) in [7, 11) is 0. The minimum Gasteiger partial charge on any atom is -0.376 e. The molecule has 1 unspecified atom stereocenters. The van der Waals surface area contributed by atoms with Gasteiger partial charge in [-0.1, -0.05) is 12.1 Å². The van der Waals surface area contributed by atoms with Gasteiger partial charge in [0.25, 0.3) is 0 Å². The van der Waals surface area contributed by atoms with Crippen molar-refractivity contribution in [1.29, 1.82) is 5.26 Å². The van der Waals surface area contributed by atoms with Crippen LogP contribution in [-0.4, -0.2) is 56.3 Å². The molecule has 3 rings (SSSR count). The fourth-order valence-electron chi connectivity index (χ4n) is 3.62. The molecule has 0 bridgehead atoms. The van der Waals surface area contributed by atoms with E-state index in [0.717, 1.165) is 57.6 Å². The van der Waals surface area contributed by atoms with Crippen LogP contribution in [0.25, 0.3) is 0 Å². The SMILES string of the molecule is N#Cc1ccc(COCC2CCN(CC(=O)NCC3CCCO3)CC2)cc1. The van der Waals surface area contributed by atoms with Crippen molar-refractivity contribution in [1.82, 2.24) is 10.2 Å². The van der Waals surface area contributed by atoms with Gasteiger partial charge in [0.2, 0.25) is 5.91 Å². The number of piperidine rings is 1. The first-order valence-electron chi connectivity index (χ1n) is 9.90. The van der Waals surface area contributed by atoms with Crippen LogP contribution in [0.1, 0.15) is 36.8 Å². The van der Waals surface area contributed by atoms with Gasteiger partial charge >= 0.3 is 0 Å². The fourth-order valence-corrected chi connectivity index (χ4v) is 3.62. The zero-order valence-electron chi connectivity index (χ0n) is 15.9. The highest BCUT2D eigenvalue weighted by atomic mass is 16.5. The van der Waals surface area contributed by atoms with Crippen molar-refractivity contribution in [2.75, 3.05) is 39.4 Å². The van der Waals surface area contributed by atoms with Crippen molar-refractivity contribution in [2.45, 2.75) is 38.4 Å². The molecule has 2 aliphatic rings. The standard InChI is InChI=1S/C21H29N3O3/c22-12-17-3-5-18(6-4-17)15-26-16-19-7-9-24(10-8-19)14-21(25)23-13-20-2-1-11-27-20/h3-6,19-20H,1-2,7-11,13-16H2,(H,23,25). The average molecular weight is 371 g/mol. The summed E-state index contributed by atoms with van der Waals surface area (Å²) in [5.74, 6) is 0.649. The van der Waals surface area contributed by atoms with E-state index < -0.39 is 0 Å². The van der Waals surface area contributed by atoms with Gasteiger partial charge in [-0.05, 0) is 62.4 Å². The van der Waals surface area contributed by atoms with Gasteiger partial charge in [0.1, 0.15) is 0 Å². The first kappa shape index (κ1) is 19.8. The maximum absolute atomic E-state index is 12.1. The van der Waals surface area contributed by atoms with Gasteiger partial charge in [-0.3, -0.25) is 9.69 Å². The van der Waals surface area contributed by atoms with Crippen molar-refractivity contribution < 1.29 is 14.3 Å². The lowest BCUT2D eigenvalue weighted by atomic mass is 9.98. The van der Waals surface area contributed by atoms with Gasteiger partial charge in [-0.2, -0.15) is 5.26 Å². The van der Waals surface area contributed by atoms with Crippen molar-refractivity contribution >= 4 is 5.91 Å². The quantitative estimate of drug-likeness (QED) is 0.757. The Bertz CT molecular complexity index is 627. The minimum absolute atomic E-state index is 0.0982. The normalized spacial score (nSPS) is 21.1. The zero-order valence-corrected chi connectivity index (χ0v) is 15.9. The minimum atomic E-state index is 0.0982. The van der Waals surface area contributed by atoms with Crippen molar-refractivity contribution in [2.24, 2.45) is 5.92 Å². The molecule has 0 radical (unpaired) electrons. The van der Waals surface area contributed by atoms with Gasteiger partial charge in [0.15, 0.2) is 0 Å². The van der Waals surface area contributed by atoms with Crippen LogP contribution in [0.2, 0.25) is 0 Å². The lowest BCUT2D eigenvalue weighted by Crippen LogP contribution is -2.43. The molecule has 6 nitrogen and oxygen atoms in total. The molecule has 0 spiro atoms. The molecule has 27 heavy (non-hydrogen) atoms. The number of hydrogen-bond acceptors (Lipinski definition) is 5. The van der Waals surface area contributed by atoms with Crippen molar-refractivity contribution in [3.8, 4) is 6.07 Å². The Morgan fingerprint density at radius 2 is 2.04 bits per heavy atom. The molecule has 0 aliphatic carbocycles. The summed E-state index contributed by atoms with van der Waals surface area (Å²) in [5.41, 5.74) is 1.76. The van der Waals surface area contributed by atoms with Gasteiger partial charge in [-0.25, -0.2) is 0 Å². The molecule has 0 aromatic heterocycles. The summed E-state index contributed by atoms with van der Waals surface area (Å²) in [6.07, 6.45) is 4.47. The number of nitrogens with one attached hydrogen (secondary N) is 1. The van der Waals surface area contributed by atoms with E-state index >= 15 is 0 Å². The van der Waals surface area contributed by atoms with Gasteiger partial charge in [-0.15, -0.1) is 0 Å². The largest absolute Gasteiger partial charge is 0.376 e. The van der Waals surface area contributed by atoms with Crippen molar-refractivity contribution in [3.05, 3.63) is 35.4 Å². The molecule has 2 aliphatic heterocycles. The number of likely N-dealkylation sites (tertiary alicyclic amines) is 1. The summed E-state index contributed by atoms with van der Waals surface area (Å²) in [4.78, 5) is 14.3. The van der Waals surface area contributed by atoms with E-state index in [2.05, 4.69) is 16.3 Å². The monoisotopic (exact) mass is 371 g/mol. The number of carbonyl (C=O) groups excluding carboxylic acids is 1. The van der Waals surface area contributed by atoms with Crippen LogP contribution in [0.5, 0.6) is 0 Å². The van der Waals surface area contributed by atoms with Crippen LogP contribution in [0.15, 0.2) is 24.3 Å². The highest BCUT2D eigenvalue weighted by Crippen LogP contribution is 2.18. The lowest BCUT2D eigenvalue weighted by molar-refractivity contribution is -0.123. The predicted molar refractivity (Wildman–Crippen MR) is 102 cm³/mol. The maximum Gasteiger partial charge on any atom is 0.234 e. The molecular weight excluding hydrogens is 342 g/mol. The van der Waals surface area contributed by atoms with Gasteiger partial charge in [0, 0.05) is 19.8 Å². The molecule has 2 saturated heterocycles. The smallest absolute Gasteiger partial charge is 0.234 e. The third kappa shape index (κ3) is 6.62. The van der Waals surface area contributed by atoms with Crippen LogP contribution in [-0.2, 0) is 20.9 Å². The summed E-state index contributed by atoms with van der Waals surface area (Å²) in [6.45, 7) is 5.15. The third-order valence-electron chi connectivity index (χ3n) is 5.33. The molecule has 146 valence electrons. The molecule has 1 atom stereocenters. The molecule has 1 aromatic carbocycles. The highest BCUT2D eigenvalue weighted by Gasteiger charge is 2.22. The van der Waals surface area contributed by atoms with Gasteiger partial charge < -0.3 is 14.8 Å². The van der Waals surface area contributed by atoms with E-state index in [1.54, 1.807) is 0 Å². The molecule has 1 aromatic rings. The zero-order chi connectivity index (χ0) is 18.9. The van der Waals surface area contributed by atoms with Crippen LogP contribution in [0.3, 0.4) is 0 Å². The summed E-state index contributed by atoms with van der Waals surface area (Å²) in [5, 5.41) is 11.8. The maximum atomic E-state index is 12.1. The lowest BCUT2D eigenvalue weighted by Gasteiger charge is -2.31. The van der Waals surface area contributed by atoms with E-state index in [1.807, 2.05) is 24.3 Å². The molecule has 0 saturated carbocycles. The van der Waals surface area contributed by atoms with Crippen molar-refractivity contribution in [3.63, 3.8) is 0 Å². The van der Waals surface area contributed by atoms with Crippen LogP contribution in [0.4, 0.5) is 0 Å². The van der Waals surface area contributed by atoms with Crippen LogP contribution in [0, 0.1) is 17.2 Å². The number of hydrogen-bond donors (Lipinski definition) is 1. The number of benzene rings is 1. The Morgan fingerprint density at radius 3 is 2.70 bits per heavy atom.